The van der Waals surface area contributed by atoms with Crippen LogP contribution in [0.5, 0.6) is 5.75 Å². The number of likely N-dealkylation sites (tertiary alicyclic amines) is 1. The molecule has 0 spiro atoms. The van der Waals surface area contributed by atoms with E-state index in [-0.39, 0.29) is 11.7 Å². The molecule has 1 fully saturated rings. The summed E-state index contributed by atoms with van der Waals surface area (Å²) in [5, 5.41) is 10.2. The highest BCUT2D eigenvalue weighted by Gasteiger charge is 2.26. The minimum Gasteiger partial charge on any atom is -0.507 e. The van der Waals surface area contributed by atoms with Crippen LogP contribution in [-0.2, 0) is 6.42 Å². The first-order chi connectivity index (χ1) is 12.6. The molecule has 3 aromatic rings. The Morgan fingerprint density at radius 3 is 2.73 bits per heavy atom. The van der Waals surface area contributed by atoms with Crippen molar-refractivity contribution in [1.29, 1.82) is 0 Å². The number of aromatic nitrogens is 2. The summed E-state index contributed by atoms with van der Waals surface area (Å²) in [6.07, 6.45) is 2.82. The number of nitrogens with one attached hydrogen (secondary N) is 1. The molecule has 0 unspecified atom stereocenters. The molecule has 2 N–H and O–H groups in total. The van der Waals surface area contributed by atoms with Crippen molar-refractivity contribution in [3.8, 4) is 5.75 Å². The number of para-hydroxylation sites is 3. The average Bonchev–Trinajstić information content (AvgIpc) is 3.06. The second-order valence-electron chi connectivity index (χ2n) is 7.11. The van der Waals surface area contributed by atoms with E-state index < -0.39 is 0 Å². The van der Waals surface area contributed by atoms with Crippen molar-refractivity contribution in [2.24, 2.45) is 5.92 Å². The molecule has 0 aliphatic carbocycles. The third-order valence-electron chi connectivity index (χ3n) is 5.29. The number of rotatable bonds is 3. The Morgan fingerprint density at radius 2 is 1.96 bits per heavy atom. The number of fused-ring (bicyclic) bond motifs is 1. The number of phenolic OH excluding ortho intramolecular Hbond substituents is 1. The van der Waals surface area contributed by atoms with E-state index in [1.165, 1.54) is 0 Å². The lowest BCUT2D eigenvalue weighted by Gasteiger charge is -2.32. The van der Waals surface area contributed by atoms with Crippen LogP contribution in [0.4, 0.5) is 0 Å². The molecule has 26 heavy (non-hydrogen) atoms. The van der Waals surface area contributed by atoms with Gasteiger partial charge in [-0.2, -0.15) is 0 Å². The first kappa shape index (κ1) is 16.6. The number of H-pyrrole nitrogens is 1. The van der Waals surface area contributed by atoms with Crippen molar-refractivity contribution in [1.82, 2.24) is 14.9 Å². The lowest BCUT2D eigenvalue weighted by molar-refractivity contribution is 0.0687. The number of phenols is 1. The number of imidazole rings is 1. The van der Waals surface area contributed by atoms with Crippen LogP contribution in [0.1, 0.15) is 34.6 Å². The monoisotopic (exact) mass is 349 g/mol. The van der Waals surface area contributed by atoms with Crippen LogP contribution in [0.25, 0.3) is 11.0 Å². The molecule has 134 valence electrons. The van der Waals surface area contributed by atoms with E-state index in [4.69, 9.17) is 0 Å². The van der Waals surface area contributed by atoms with Gasteiger partial charge in [0.25, 0.3) is 5.91 Å². The highest BCUT2D eigenvalue weighted by molar-refractivity contribution is 5.97. The lowest BCUT2D eigenvalue weighted by atomic mass is 9.93. The Balaban J connectivity index is 1.39. The molecule has 2 aromatic carbocycles. The second kappa shape index (κ2) is 6.83. The van der Waals surface area contributed by atoms with Gasteiger partial charge in [0, 0.05) is 19.5 Å². The summed E-state index contributed by atoms with van der Waals surface area (Å²) >= 11 is 0. The van der Waals surface area contributed by atoms with Crippen molar-refractivity contribution in [3.05, 3.63) is 59.4 Å². The fourth-order valence-corrected chi connectivity index (χ4v) is 3.72. The smallest absolute Gasteiger partial charge is 0.257 e. The maximum absolute atomic E-state index is 12.7. The van der Waals surface area contributed by atoms with Crippen LogP contribution in [0.2, 0.25) is 0 Å². The summed E-state index contributed by atoms with van der Waals surface area (Å²) in [5.41, 5.74) is 3.21. The van der Waals surface area contributed by atoms with Gasteiger partial charge in [0.15, 0.2) is 0 Å². The van der Waals surface area contributed by atoms with Gasteiger partial charge < -0.3 is 15.0 Å². The standard InChI is InChI=1S/C21H23N3O2/c1-14-5-4-6-16(20(14)25)21(26)24-11-9-15(10-12-24)13-19-22-17-7-2-3-8-18(17)23-19/h2-8,15,25H,9-13H2,1H3,(H,22,23). The van der Waals surface area contributed by atoms with Gasteiger partial charge in [0.05, 0.1) is 16.6 Å². The zero-order chi connectivity index (χ0) is 18.1. The number of carbonyl (C=O) groups excluding carboxylic acids is 1. The summed E-state index contributed by atoms with van der Waals surface area (Å²) < 4.78 is 0. The lowest BCUT2D eigenvalue weighted by Crippen LogP contribution is -2.39. The summed E-state index contributed by atoms with van der Waals surface area (Å²) in [6, 6.07) is 13.4. The van der Waals surface area contributed by atoms with Crippen LogP contribution in [0.15, 0.2) is 42.5 Å². The van der Waals surface area contributed by atoms with Crippen LogP contribution >= 0.6 is 0 Å². The zero-order valence-corrected chi connectivity index (χ0v) is 14.9. The number of aromatic hydroxyl groups is 1. The van der Waals surface area contributed by atoms with E-state index in [1.54, 1.807) is 6.07 Å². The minimum atomic E-state index is -0.0756. The summed E-state index contributed by atoms with van der Waals surface area (Å²) in [4.78, 5) is 22.6. The Kier molecular flexibility index (Phi) is 4.37. The molecule has 0 saturated carbocycles. The Labute approximate surface area is 152 Å². The average molecular weight is 349 g/mol. The number of carbonyl (C=O) groups is 1. The van der Waals surface area contributed by atoms with Gasteiger partial charge in [0.1, 0.15) is 11.6 Å². The SMILES string of the molecule is Cc1cccc(C(=O)N2CCC(Cc3nc4ccccc4[nH]3)CC2)c1O. The second-order valence-corrected chi connectivity index (χ2v) is 7.11. The third kappa shape index (κ3) is 3.17. The normalized spacial score (nSPS) is 15.5. The van der Waals surface area contributed by atoms with Crippen molar-refractivity contribution < 1.29 is 9.90 Å². The number of amides is 1. The van der Waals surface area contributed by atoms with E-state index in [9.17, 15) is 9.90 Å². The van der Waals surface area contributed by atoms with Crippen LogP contribution in [-0.4, -0.2) is 39.0 Å². The molecular formula is C21H23N3O2. The number of aryl methyl sites for hydroxylation is 1. The van der Waals surface area contributed by atoms with Crippen LogP contribution in [0, 0.1) is 12.8 Å². The molecule has 1 amide bonds. The van der Waals surface area contributed by atoms with E-state index >= 15 is 0 Å². The number of hydrogen-bond acceptors (Lipinski definition) is 3. The maximum atomic E-state index is 12.7. The fourth-order valence-electron chi connectivity index (χ4n) is 3.72. The molecule has 0 atom stereocenters. The Hall–Kier alpha value is -2.82. The van der Waals surface area contributed by atoms with Gasteiger partial charge in [-0.3, -0.25) is 4.79 Å². The summed E-state index contributed by atoms with van der Waals surface area (Å²) in [7, 11) is 0. The topological polar surface area (TPSA) is 69.2 Å². The van der Waals surface area contributed by atoms with Gasteiger partial charge in [-0.15, -0.1) is 0 Å². The summed E-state index contributed by atoms with van der Waals surface area (Å²) in [5.74, 6) is 1.56. The number of aromatic amines is 1. The van der Waals surface area contributed by atoms with Crippen LogP contribution < -0.4 is 0 Å². The summed E-state index contributed by atoms with van der Waals surface area (Å²) in [6.45, 7) is 3.25. The van der Waals surface area contributed by atoms with E-state index in [0.717, 1.165) is 54.8 Å². The van der Waals surface area contributed by atoms with Crippen molar-refractivity contribution in [2.45, 2.75) is 26.2 Å². The number of hydrogen-bond donors (Lipinski definition) is 2. The molecule has 5 nitrogen and oxygen atoms in total. The van der Waals surface area contributed by atoms with Crippen LogP contribution in [0.3, 0.4) is 0 Å². The maximum Gasteiger partial charge on any atom is 0.257 e. The number of piperidine rings is 1. The van der Waals surface area contributed by atoms with E-state index in [1.807, 2.05) is 48.2 Å². The molecule has 0 radical (unpaired) electrons. The molecule has 2 heterocycles. The van der Waals surface area contributed by atoms with Gasteiger partial charge in [-0.1, -0.05) is 24.3 Å². The third-order valence-corrected chi connectivity index (χ3v) is 5.29. The number of benzene rings is 2. The fraction of sp³-hybridized carbons (Fsp3) is 0.333. The van der Waals surface area contributed by atoms with Crippen molar-refractivity contribution in [3.63, 3.8) is 0 Å². The van der Waals surface area contributed by atoms with Gasteiger partial charge in [-0.05, 0) is 49.4 Å². The Morgan fingerprint density at radius 1 is 1.19 bits per heavy atom. The van der Waals surface area contributed by atoms with E-state index in [2.05, 4.69) is 9.97 Å². The number of nitrogens with zero attached hydrogens (tertiary/aromatic N) is 2. The van der Waals surface area contributed by atoms with E-state index in [0.29, 0.717) is 11.5 Å². The quantitative estimate of drug-likeness (QED) is 0.758. The largest absolute Gasteiger partial charge is 0.507 e. The molecule has 1 aliphatic heterocycles. The molecule has 0 bridgehead atoms. The molecule has 1 aromatic heterocycles. The van der Waals surface area contributed by atoms with Crippen molar-refractivity contribution in [2.75, 3.05) is 13.1 Å². The van der Waals surface area contributed by atoms with Gasteiger partial charge in [0.2, 0.25) is 0 Å². The van der Waals surface area contributed by atoms with Crippen molar-refractivity contribution >= 4 is 16.9 Å². The molecule has 5 heteroatoms. The molecule has 4 rings (SSSR count). The zero-order valence-electron chi connectivity index (χ0n) is 14.9. The first-order valence-electron chi connectivity index (χ1n) is 9.13. The Bertz CT molecular complexity index is 906. The van der Waals surface area contributed by atoms with Gasteiger partial charge >= 0.3 is 0 Å². The predicted octanol–water partition coefficient (Wildman–Crippen LogP) is 3.67. The van der Waals surface area contributed by atoms with Gasteiger partial charge in [-0.25, -0.2) is 4.98 Å². The highest BCUT2D eigenvalue weighted by atomic mass is 16.3. The minimum absolute atomic E-state index is 0.0756. The highest BCUT2D eigenvalue weighted by Crippen LogP contribution is 2.27. The molecular weight excluding hydrogens is 326 g/mol. The molecule has 1 aliphatic rings. The first-order valence-corrected chi connectivity index (χ1v) is 9.13. The predicted molar refractivity (Wildman–Crippen MR) is 101 cm³/mol. The molecule has 1 saturated heterocycles.